The first-order valence-electron chi connectivity index (χ1n) is 6.34. The van der Waals surface area contributed by atoms with E-state index >= 15 is 0 Å². The van der Waals surface area contributed by atoms with Crippen LogP contribution in [0.3, 0.4) is 0 Å². The molecular weight excluding hydrogens is 261 g/mol. The standard InChI is InChI=1S/C14H16FN3O2/c1-8(16)4-5-17-14(20)11-7-13(19)18-12-6-9(15)2-3-10(11)12/h2-3,6-8H,4-5,16H2,1H3,(H,17,20)(H,18,19). The van der Waals surface area contributed by atoms with Gasteiger partial charge in [-0.3, -0.25) is 9.59 Å². The highest BCUT2D eigenvalue weighted by Gasteiger charge is 2.12. The normalized spacial score (nSPS) is 12.3. The second-order valence-electron chi connectivity index (χ2n) is 4.76. The van der Waals surface area contributed by atoms with Crippen LogP contribution >= 0.6 is 0 Å². The summed E-state index contributed by atoms with van der Waals surface area (Å²) < 4.78 is 13.2. The molecule has 1 unspecified atom stereocenters. The number of H-pyrrole nitrogens is 1. The van der Waals surface area contributed by atoms with Crippen molar-refractivity contribution in [3.8, 4) is 0 Å². The summed E-state index contributed by atoms with van der Waals surface area (Å²) in [6, 6.07) is 5.11. The molecule has 1 amide bonds. The Labute approximate surface area is 115 Å². The number of rotatable bonds is 4. The lowest BCUT2D eigenvalue weighted by Crippen LogP contribution is -2.29. The first kappa shape index (κ1) is 14.2. The predicted molar refractivity (Wildman–Crippen MR) is 75.1 cm³/mol. The molecule has 0 fully saturated rings. The fraction of sp³-hybridized carbons (Fsp3) is 0.286. The highest BCUT2D eigenvalue weighted by Crippen LogP contribution is 2.16. The second kappa shape index (κ2) is 5.83. The molecule has 0 aliphatic carbocycles. The molecule has 0 radical (unpaired) electrons. The SMILES string of the molecule is CC(N)CCNC(=O)c1cc(=O)[nH]c2cc(F)ccc12. The van der Waals surface area contributed by atoms with Gasteiger partial charge in [-0.25, -0.2) is 4.39 Å². The summed E-state index contributed by atoms with van der Waals surface area (Å²) in [4.78, 5) is 26.1. The van der Waals surface area contributed by atoms with Crippen LogP contribution in [0, 0.1) is 5.82 Å². The Kier molecular flexibility index (Phi) is 4.14. The number of aromatic nitrogens is 1. The Morgan fingerprint density at radius 2 is 2.20 bits per heavy atom. The third-order valence-corrected chi connectivity index (χ3v) is 2.93. The number of aromatic amines is 1. The fourth-order valence-corrected chi connectivity index (χ4v) is 1.93. The van der Waals surface area contributed by atoms with Crippen LogP contribution in [-0.2, 0) is 0 Å². The maximum Gasteiger partial charge on any atom is 0.252 e. The molecule has 1 aromatic heterocycles. The summed E-state index contributed by atoms with van der Waals surface area (Å²) in [7, 11) is 0. The van der Waals surface area contributed by atoms with Gasteiger partial charge in [0.15, 0.2) is 0 Å². The smallest absolute Gasteiger partial charge is 0.252 e. The molecule has 4 N–H and O–H groups in total. The first-order chi connectivity index (χ1) is 9.47. The summed E-state index contributed by atoms with van der Waals surface area (Å²) in [5, 5.41) is 3.20. The molecule has 20 heavy (non-hydrogen) atoms. The quantitative estimate of drug-likeness (QED) is 0.783. The lowest BCUT2D eigenvalue weighted by molar-refractivity contribution is 0.0954. The average Bonchev–Trinajstić information content (AvgIpc) is 2.36. The van der Waals surface area contributed by atoms with Crippen LogP contribution in [0.2, 0.25) is 0 Å². The Morgan fingerprint density at radius 3 is 2.90 bits per heavy atom. The van der Waals surface area contributed by atoms with Crippen molar-refractivity contribution >= 4 is 16.8 Å². The van der Waals surface area contributed by atoms with E-state index in [2.05, 4.69) is 10.3 Å². The van der Waals surface area contributed by atoms with Crippen molar-refractivity contribution < 1.29 is 9.18 Å². The van der Waals surface area contributed by atoms with E-state index in [1.165, 1.54) is 24.3 Å². The molecule has 1 aromatic carbocycles. The summed E-state index contributed by atoms with van der Waals surface area (Å²) in [6.07, 6.45) is 0.640. The van der Waals surface area contributed by atoms with Crippen LogP contribution in [-0.4, -0.2) is 23.5 Å². The van der Waals surface area contributed by atoms with Crippen molar-refractivity contribution in [3.05, 3.63) is 46.0 Å². The Balaban J connectivity index is 2.33. The molecule has 1 atom stereocenters. The summed E-state index contributed by atoms with van der Waals surface area (Å²) in [5.74, 6) is -0.837. The minimum atomic E-state index is -0.470. The van der Waals surface area contributed by atoms with E-state index < -0.39 is 11.4 Å². The number of carbonyl (C=O) groups excluding carboxylic acids is 1. The fourth-order valence-electron chi connectivity index (χ4n) is 1.93. The molecular formula is C14H16FN3O2. The molecule has 1 heterocycles. The van der Waals surface area contributed by atoms with Gasteiger partial charge in [-0.2, -0.15) is 0 Å². The molecule has 0 saturated heterocycles. The van der Waals surface area contributed by atoms with Gasteiger partial charge in [0.05, 0.1) is 11.1 Å². The zero-order valence-corrected chi connectivity index (χ0v) is 11.1. The molecule has 0 saturated carbocycles. The van der Waals surface area contributed by atoms with Crippen LogP contribution in [0.1, 0.15) is 23.7 Å². The van der Waals surface area contributed by atoms with E-state index in [4.69, 9.17) is 5.73 Å². The molecule has 0 bridgehead atoms. The zero-order valence-electron chi connectivity index (χ0n) is 11.1. The monoisotopic (exact) mass is 277 g/mol. The van der Waals surface area contributed by atoms with Gasteiger partial charge < -0.3 is 16.0 Å². The van der Waals surface area contributed by atoms with Gasteiger partial charge in [0.25, 0.3) is 5.91 Å². The molecule has 5 nitrogen and oxygen atoms in total. The van der Waals surface area contributed by atoms with Gasteiger partial charge in [0, 0.05) is 24.0 Å². The maximum atomic E-state index is 13.2. The third-order valence-electron chi connectivity index (χ3n) is 2.93. The molecule has 2 aromatic rings. The van der Waals surface area contributed by atoms with E-state index in [-0.39, 0.29) is 17.5 Å². The van der Waals surface area contributed by atoms with Crippen molar-refractivity contribution in [2.75, 3.05) is 6.54 Å². The highest BCUT2D eigenvalue weighted by molar-refractivity contribution is 6.05. The van der Waals surface area contributed by atoms with Crippen molar-refractivity contribution in [1.82, 2.24) is 10.3 Å². The minimum absolute atomic E-state index is 0.0136. The Hall–Kier alpha value is -2.21. The Bertz CT molecular complexity index is 694. The summed E-state index contributed by atoms with van der Waals surface area (Å²) in [5.41, 5.74) is 5.69. The number of hydrogen-bond acceptors (Lipinski definition) is 3. The topological polar surface area (TPSA) is 88.0 Å². The zero-order chi connectivity index (χ0) is 14.7. The minimum Gasteiger partial charge on any atom is -0.352 e. The first-order valence-corrected chi connectivity index (χ1v) is 6.34. The summed E-state index contributed by atoms with van der Waals surface area (Å²) in [6.45, 7) is 2.27. The van der Waals surface area contributed by atoms with Crippen molar-refractivity contribution in [2.24, 2.45) is 5.73 Å². The van der Waals surface area contributed by atoms with Crippen LogP contribution in [0.5, 0.6) is 0 Å². The number of hydrogen-bond donors (Lipinski definition) is 3. The van der Waals surface area contributed by atoms with Gasteiger partial charge in [0.2, 0.25) is 5.56 Å². The molecule has 0 aliphatic heterocycles. The van der Waals surface area contributed by atoms with Gasteiger partial charge in [-0.1, -0.05) is 0 Å². The largest absolute Gasteiger partial charge is 0.352 e. The number of amides is 1. The number of nitrogens with two attached hydrogens (primary N) is 1. The van der Waals surface area contributed by atoms with Gasteiger partial charge in [-0.05, 0) is 31.5 Å². The second-order valence-corrected chi connectivity index (χ2v) is 4.76. The van der Waals surface area contributed by atoms with E-state index in [0.717, 1.165) is 0 Å². The van der Waals surface area contributed by atoms with E-state index in [0.29, 0.717) is 23.9 Å². The van der Waals surface area contributed by atoms with Crippen molar-refractivity contribution in [3.63, 3.8) is 0 Å². The van der Waals surface area contributed by atoms with E-state index in [9.17, 15) is 14.0 Å². The lowest BCUT2D eigenvalue weighted by Gasteiger charge is -2.09. The van der Waals surface area contributed by atoms with Crippen LogP contribution in [0.15, 0.2) is 29.1 Å². The maximum absolute atomic E-state index is 13.2. The average molecular weight is 277 g/mol. The number of halogens is 1. The summed E-state index contributed by atoms with van der Waals surface area (Å²) >= 11 is 0. The molecule has 0 aliphatic rings. The molecule has 6 heteroatoms. The van der Waals surface area contributed by atoms with E-state index in [1.54, 1.807) is 0 Å². The number of pyridine rings is 1. The highest BCUT2D eigenvalue weighted by atomic mass is 19.1. The number of carbonyl (C=O) groups is 1. The van der Waals surface area contributed by atoms with Crippen molar-refractivity contribution in [2.45, 2.75) is 19.4 Å². The molecule has 106 valence electrons. The van der Waals surface area contributed by atoms with Gasteiger partial charge in [0.1, 0.15) is 5.82 Å². The van der Waals surface area contributed by atoms with Crippen LogP contribution in [0.4, 0.5) is 4.39 Å². The van der Waals surface area contributed by atoms with Crippen LogP contribution in [0.25, 0.3) is 10.9 Å². The lowest BCUT2D eigenvalue weighted by atomic mass is 10.1. The van der Waals surface area contributed by atoms with Crippen LogP contribution < -0.4 is 16.6 Å². The number of benzene rings is 1. The molecule has 2 rings (SSSR count). The number of fused-ring (bicyclic) bond motifs is 1. The van der Waals surface area contributed by atoms with Gasteiger partial charge >= 0.3 is 0 Å². The van der Waals surface area contributed by atoms with Gasteiger partial charge in [-0.15, -0.1) is 0 Å². The predicted octanol–water partition coefficient (Wildman–Crippen LogP) is 1.13. The third kappa shape index (κ3) is 3.21. The Morgan fingerprint density at radius 1 is 1.45 bits per heavy atom. The van der Waals surface area contributed by atoms with E-state index in [1.807, 2.05) is 6.92 Å². The molecule has 0 spiro atoms. The van der Waals surface area contributed by atoms with Crippen molar-refractivity contribution in [1.29, 1.82) is 0 Å². The number of nitrogens with one attached hydrogen (secondary N) is 2.